The molecule has 2 heterocycles. The van der Waals surface area contributed by atoms with Crippen molar-refractivity contribution in [2.24, 2.45) is 0 Å². The number of benzene rings is 5. The number of nitriles is 1. The summed E-state index contributed by atoms with van der Waals surface area (Å²) in [6.45, 7) is 0.0909. The van der Waals surface area contributed by atoms with Crippen LogP contribution in [0.4, 0.5) is 21.9 Å². The van der Waals surface area contributed by atoms with E-state index in [0.29, 0.717) is 50.8 Å². The number of nitrogens with zero attached hydrogens (tertiary/aromatic N) is 3. The Bertz CT molecular complexity index is 2110. The van der Waals surface area contributed by atoms with Gasteiger partial charge in [0.25, 0.3) is 5.91 Å². The van der Waals surface area contributed by atoms with E-state index in [1.165, 1.54) is 12.1 Å². The van der Waals surface area contributed by atoms with Crippen LogP contribution in [0.25, 0.3) is 6.08 Å². The largest absolute Gasteiger partial charge is 0.513 e. The molecule has 0 spiro atoms. The molecule has 11 nitrogen and oxygen atoms in total. The molecule has 12 heteroatoms. The lowest BCUT2D eigenvalue weighted by Crippen LogP contribution is -2.62. The van der Waals surface area contributed by atoms with Crippen LogP contribution in [0.3, 0.4) is 0 Å². The van der Waals surface area contributed by atoms with E-state index in [2.05, 4.69) is 16.5 Å². The number of hydrogen-bond acceptors (Lipinski definition) is 8. The zero-order valence-electron chi connectivity index (χ0n) is 25.8. The van der Waals surface area contributed by atoms with Gasteiger partial charge in [-0.05, 0) is 90.0 Å². The number of phenols is 1. The van der Waals surface area contributed by atoms with Gasteiger partial charge in [0.2, 0.25) is 0 Å². The highest BCUT2D eigenvalue weighted by molar-refractivity contribution is 7.52. The van der Waals surface area contributed by atoms with Gasteiger partial charge in [0, 0.05) is 12.2 Å². The predicted molar refractivity (Wildman–Crippen MR) is 184 cm³/mol. The highest BCUT2D eigenvalue weighted by Crippen LogP contribution is 2.45. The van der Waals surface area contributed by atoms with Gasteiger partial charge in [-0.1, -0.05) is 54.6 Å². The Labute approximate surface area is 281 Å². The molecule has 1 atom stereocenters. The molecule has 242 valence electrons. The first-order valence-corrected chi connectivity index (χ1v) is 16.8. The summed E-state index contributed by atoms with van der Waals surface area (Å²) in [5.74, 6) is 0.278. The minimum Gasteiger partial charge on any atom is -0.508 e. The average Bonchev–Trinajstić information content (AvgIpc) is 3.12. The Morgan fingerprint density at radius 3 is 2.04 bits per heavy atom. The zero-order valence-corrected chi connectivity index (χ0v) is 26.7. The fourth-order valence-electron chi connectivity index (χ4n) is 5.60. The second kappa shape index (κ2) is 13.0. The number of fused-ring (bicyclic) bond motifs is 2. The monoisotopic (exact) mass is 669 g/mol. The van der Waals surface area contributed by atoms with Gasteiger partial charge in [-0.25, -0.2) is 14.3 Å². The van der Waals surface area contributed by atoms with Crippen molar-refractivity contribution in [1.29, 1.82) is 5.26 Å². The Kier molecular flexibility index (Phi) is 8.32. The maximum Gasteiger partial charge on any atom is 0.513 e. The van der Waals surface area contributed by atoms with Crippen molar-refractivity contribution in [2.75, 3.05) is 9.80 Å². The first-order valence-electron chi connectivity index (χ1n) is 15.2. The fourth-order valence-corrected chi connectivity index (χ4v) is 6.94. The normalized spacial score (nSPS) is 15.3. The first kappa shape index (κ1) is 31.3. The van der Waals surface area contributed by atoms with E-state index in [0.717, 1.165) is 4.90 Å². The molecule has 0 bridgehead atoms. The van der Waals surface area contributed by atoms with E-state index < -0.39 is 25.9 Å². The molecule has 1 fully saturated rings. The second-order valence-electron chi connectivity index (χ2n) is 11.2. The lowest BCUT2D eigenvalue weighted by Gasteiger charge is -2.43. The van der Waals surface area contributed by atoms with Gasteiger partial charge in [0.05, 0.1) is 28.6 Å². The molecular weight excluding hydrogens is 641 g/mol. The van der Waals surface area contributed by atoms with Gasteiger partial charge in [-0.2, -0.15) is 10.3 Å². The molecule has 1 saturated heterocycles. The lowest BCUT2D eigenvalue weighted by molar-refractivity contribution is -0.115. The summed E-state index contributed by atoms with van der Waals surface area (Å²) >= 11 is 0. The summed E-state index contributed by atoms with van der Waals surface area (Å²) in [4.78, 5) is 30.4. The van der Waals surface area contributed by atoms with Crippen molar-refractivity contribution < 1.29 is 28.3 Å². The lowest BCUT2D eigenvalue weighted by atomic mass is 9.95. The van der Waals surface area contributed by atoms with Gasteiger partial charge in [0.1, 0.15) is 23.4 Å². The van der Waals surface area contributed by atoms with Gasteiger partial charge < -0.3 is 24.4 Å². The molecule has 49 heavy (non-hydrogen) atoms. The third-order valence-corrected chi connectivity index (χ3v) is 9.38. The number of nitrogens with one attached hydrogen (secondary N) is 2. The summed E-state index contributed by atoms with van der Waals surface area (Å²) in [6.07, 6.45) is 0.844. The zero-order chi connectivity index (χ0) is 34.0. The summed E-state index contributed by atoms with van der Waals surface area (Å²) < 4.78 is 25.4. The van der Waals surface area contributed by atoms with Crippen LogP contribution in [0.2, 0.25) is 0 Å². The van der Waals surface area contributed by atoms with Crippen LogP contribution in [0.1, 0.15) is 16.7 Å². The summed E-state index contributed by atoms with van der Waals surface area (Å²) in [5.41, 5.74) is 3.67. The van der Waals surface area contributed by atoms with Crippen LogP contribution in [0.15, 0.2) is 133 Å². The van der Waals surface area contributed by atoms with Crippen molar-refractivity contribution in [3.8, 4) is 23.3 Å². The highest BCUT2D eigenvalue weighted by Gasteiger charge is 2.43. The summed E-state index contributed by atoms with van der Waals surface area (Å²) in [5, 5.41) is 25.3. The number of anilines is 3. The van der Waals surface area contributed by atoms with E-state index in [-0.39, 0.29) is 12.3 Å². The summed E-state index contributed by atoms with van der Waals surface area (Å²) in [6, 6.07) is 37.0. The molecule has 0 radical (unpaired) electrons. The molecule has 3 amide bonds. The molecular formula is C37H28N5O6P. The van der Waals surface area contributed by atoms with Crippen LogP contribution in [0.5, 0.6) is 17.2 Å². The van der Waals surface area contributed by atoms with Gasteiger partial charge in [0.15, 0.2) is 0 Å². The van der Waals surface area contributed by atoms with Crippen molar-refractivity contribution in [3.05, 3.63) is 150 Å². The molecule has 0 saturated carbocycles. The van der Waals surface area contributed by atoms with E-state index in [1.807, 2.05) is 12.1 Å². The van der Waals surface area contributed by atoms with Gasteiger partial charge in [-0.3, -0.25) is 4.79 Å². The number of imide groups is 1. The van der Waals surface area contributed by atoms with Crippen LogP contribution in [0, 0.1) is 11.3 Å². The highest BCUT2D eigenvalue weighted by atomic mass is 31.2. The smallest absolute Gasteiger partial charge is 0.508 e. The number of carbonyl (C=O) groups is 2. The van der Waals surface area contributed by atoms with Crippen LogP contribution in [-0.4, -0.2) is 23.2 Å². The van der Waals surface area contributed by atoms with E-state index in [1.54, 1.807) is 114 Å². The third kappa shape index (κ3) is 6.47. The molecule has 5 aromatic carbocycles. The maximum atomic E-state index is 14.0. The molecule has 1 unspecified atom stereocenters. The standard InChI is InChI=1S/C37H28N5O6P/c38-23-26-11-14-27-22-33-35(41(34(27)21-26)28-17-19-30(43)20-18-28)40-37(45)42(36(33)44)29-15-12-25(13-16-29)24-39-49(46,47-31-7-3-1-4-8-31)48-32-9-5-2-6-10-32/h1-22,35,43H,24H2,(H,39,46)(H,40,45). The van der Waals surface area contributed by atoms with E-state index in [4.69, 9.17) is 9.05 Å². The molecule has 2 aliphatic rings. The molecule has 0 aromatic heterocycles. The number of para-hydroxylation sites is 2. The third-order valence-electron chi connectivity index (χ3n) is 7.93. The minimum absolute atomic E-state index is 0.0614. The van der Waals surface area contributed by atoms with Crippen molar-refractivity contribution in [1.82, 2.24) is 10.4 Å². The molecule has 3 N–H and O–H groups in total. The summed E-state index contributed by atoms with van der Waals surface area (Å²) in [7, 11) is -3.89. The fraction of sp³-hybridized carbons (Fsp3) is 0.0541. The van der Waals surface area contributed by atoms with E-state index >= 15 is 0 Å². The average molecular weight is 670 g/mol. The number of rotatable bonds is 9. The predicted octanol–water partition coefficient (Wildman–Crippen LogP) is 7.24. The second-order valence-corrected chi connectivity index (χ2v) is 12.8. The number of phenolic OH excluding ortho intramolecular Hbond substituents is 1. The number of aromatic hydroxyl groups is 1. The topological polar surface area (TPSA) is 144 Å². The van der Waals surface area contributed by atoms with Gasteiger partial charge >= 0.3 is 13.8 Å². The molecule has 7 rings (SSSR count). The quantitative estimate of drug-likeness (QED) is 0.138. The van der Waals surface area contributed by atoms with Crippen molar-refractivity contribution in [2.45, 2.75) is 12.7 Å². The van der Waals surface area contributed by atoms with Gasteiger partial charge in [-0.15, -0.1) is 0 Å². The van der Waals surface area contributed by atoms with Crippen LogP contribution < -0.4 is 29.3 Å². The number of urea groups is 1. The molecule has 5 aromatic rings. The molecule has 2 aliphatic heterocycles. The maximum absolute atomic E-state index is 14.0. The number of hydrogen-bond donors (Lipinski definition) is 3. The Balaban J connectivity index is 1.13. The Morgan fingerprint density at radius 2 is 1.43 bits per heavy atom. The Morgan fingerprint density at radius 1 is 0.816 bits per heavy atom. The Hall–Kier alpha value is -6.34. The van der Waals surface area contributed by atoms with Crippen molar-refractivity contribution >= 4 is 42.8 Å². The minimum atomic E-state index is -3.89. The number of carbonyl (C=O) groups excluding carboxylic acids is 2. The number of amides is 3. The SMILES string of the molecule is N#Cc1ccc2c(c1)N(c1ccc(O)cc1)C1NC(=O)N(c3ccc(CNP(=O)(Oc4ccccc4)Oc4ccccc4)cc3)C(=O)C1=C2. The first-order chi connectivity index (χ1) is 23.8. The van der Waals surface area contributed by atoms with Crippen LogP contribution in [-0.2, 0) is 15.9 Å². The van der Waals surface area contributed by atoms with E-state index in [9.17, 15) is 24.5 Å². The van der Waals surface area contributed by atoms with Crippen LogP contribution >= 0.6 is 7.75 Å². The molecule has 0 aliphatic carbocycles. The van der Waals surface area contributed by atoms with Crippen molar-refractivity contribution in [3.63, 3.8) is 0 Å².